The lowest BCUT2D eigenvalue weighted by Gasteiger charge is -2.46. The minimum absolute atomic E-state index is 0.147. The highest BCUT2D eigenvalue weighted by molar-refractivity contribution is 4.89. The first-order valence-electron chi connectivity index (χ1n) is 6.66. The lowest BCUT2D eigenvalue weighted by atomic mass is 9.97. The van der Waals surface area contributed by atoms with E-state index in [0.717, 1.165) is 26.3 Å². The number of ether oxygens (including phenoxy) is 1. The molecule has 0 aromatic rings. The molecule has 96 valence electrons. The fourth-order valence-electron chi connectivity index (χ4n) is 2.58. The number of nitrogens with zero attached hydrogens (tertiary/aromatic N) is 1. The van der Waals surface area contributed by atoms with Crippen LogP contribution >= 0.6 is 0 Å². The molecule has 3 nitrogen and oxygen atoms in total. The lowest BCUT2D eigenvalue weighted by Crippen LogP contribution is -2.58. The fourth-order valence-corrected chi connectivity index (χ4v) is 2.58. The summed E-state index contributed by atoms with van der Waals surface area (Å²) in [6.45, 7) is 10.2. The first-order chi connectivity index (χ1) is 7.61. The lowest BCUT2D eigenvalue weighted by molar-refractivity contribution is -0.0719. The highest BCUT2D eigenvalue weighted by Crippen LogP contribution is 2.23. The van der Waals surface area contributed by atoms with Gasteiger partial charge < -0.3 is 10.5 Å². The van der Waals surface area contributed by atoms with Gasteiger partial charge in [-0.3, -0.25) is 4.90 Å². The molecule has 2 N–H and O–H groups in total. The molecule has 1 rings (SSSR count). The van der Waals surface area contributed by atoms with E-state index in [1.54, 1.807) is 0 Å². The summed E-state index contributed by atoms with van der Waals surface area (Å²) in [5.41, 5.74) is 6.07. The molecule has 3 heteroatoms. The Labute approximate surface area is 100 Å². The number of rotatable bonds is 6. The molecular weight excluding hydrogens is 200 g/mol. The molecule has 0 radical (unpaired) electrons. The number of morpholine rings is 1. The van der Waals surface area contributed by atoms with Gasteiger partial charge in [-0.1, -0.05) is 26.2 Å². The van der Waals surface area contributed by atoms with Crippen molar-refractivity contribution < 1.29 is 4.74 Å². The Morgan fingerprint density at radius 3 is 2.69 bits per heavy atom. The number of unbranched alkanes of at least 4 members (excludes halogenated alkanes) is 2. The van der Waals surface area contributed by atoms with Crippen LogP contribution < -0.4 is 5.73 Å². The SMILES string of the molecule is CCCCCC(CN)N1CCOCC1(C)C. The average molecular weight is 228 g/mol. The molecule has 1 aliphatic heterocycles. The van der Waals surface area contributed by atoms with E-state index in [1.165, 1.54) is 25.7 Å². The van der Waals surface area contributed by atoms with Gasteiger partial charge >= 0.3 is 0 Å². The van der Waals surface area contributed by atoms with Crippen LogP contribution in [0, 0.1) is 0 Å². The zero-order chi connectivity index (χ0) is 12.0. The molecule has 1 fully saturated rings. The molecule has 1 heterocycles. The van der Waals surface area contributed by atoms with E-state index in [4.69, 9.17) is 10.5 Å². The molecule has 1 unspecified atom stereocenters. The molecule has 0 spiro atoms. The molecule has 1 aliphatic rings. The van der Waals surface area contributed by atoms with Gasteiger partial charge in [-0.2, -0.15) is 0 Å². The smallest absolute Gasteiger partial charge is 0.0645 e. The largest absolute Gasteiger partial charge is 0.378 e. The van der Waals surface area contributed by atoms with Crippen molar-refractivity contribution >= 4 is 0 Å². The maximum atomic E-state index is 5.92. The minimum Gasteiger partial charge on any atom is -0.378 e. The molecule has 1 atom stereocenters. The van der Waals surface area contributed by atoms with Crippen LogP contribution in [0.3, 0.4) is 0 Å². The highest BCUT2D eigenvalue weighted by atomic mass is 16.5. The minimum atomic E-state index is 0.147. The molecule has 0 saturated carbocycles. The van der Waals surface area contributed by atoms with E-state index in [1.807, 2.05) is 0 Å². The maximum absolute atomic E-state index is 5.92. The van der Waals surface area contributed by atoms with E-state index < -0.39 is 0 Å². The second-order valence-corrected chi connectivity index (χ2v) is 5.44. The average Bonchev–Trinajstić information content (AvgIpc) is 2.25. The topological polar surface area (TPSA) is 38.5 Å². The van der Waals surface area contributed by atoms with Gasteiger partial charge in [0.1, 0.15) is 0 Å². The third kappa shape index (κ3) is 3.72. The van der Waals surface area contributed by atoms with Crippen LogP contribution in [-0.2, 0) is 4.74 Å². The van der Waals surface area contributed by atoms with Crippen molar-refractivity contribution in [1.82, 2.24) is 4.90 Å². The van der Waals surface area contributed by atoms with Crippen molar-refractivity contribution in [2.45, 2.75) is 58.0 Å². The van der Waals surface area contributed by atoms with Crippen LogP contribution in [0.2, 0.25) is 0 Å². The maximum Gasteiger partial charge on any atom is 0.0645 e. The molecule has 1 saturated heterocycles. The summed E-state index contributed by atoms with van der Waals surface area (Å²) >= 11 is 0. The monoisotopic (exact) mass is 228 g/mol. The Hall–Kier alpha value is -0.120. The standard InChI is InChI=1S/C13H28N2O/c1-4-5-6-7-12(10-14)15-8-9-16-11-13(15,2)3/h12H,4-11,14H2,1-3H3. The van der Waals surface area contributed by atoms with Crippen LogP contribution in [0.25, 0.3) is 0 Å². The third-order valence-corrected chi connectivity index (χ3v) is 3.56. The van der Waals surface area contributed by atoms with E-state index in [9.17, 15) is 0 Å². The van der Waals surface area contributed by atoms with Crippen LogP contribution in [0.1, 0.15) is 46.5 Å². The summed E-state index contributed by atoms with van der Waals surface area (Å²) in [4.78, 5) is 2.55. The van der Waals surface area contributed by atoms with Crippen LogP contribution in [0.5, 0.6) is 0 Å². The number of hydrogen-bond acceptors (Lipinski definition) is 3. The Bertz CT molecular complexity index is 194. The summed E-state index contributed by atoms with van der Waals surface area (Å²) in [5.74, 6) is 0. The molecule has 0 bridgehead atoms. The van der Waals surface area contributed by atoms with E-state index in [0.29, 0.717) is 6.04 Å². The van der Waals surface area contributed by atoms with Gasteiger partial charge in [0, 0.05) is 24.7 Å². The van der Waals surface area contributed by atoms with Gasteiger partial charge in [0.05, 0.1) is 13.2 Å². The zero-order valence-electron chi connectivity index (χ0n) is 11.2. The third-order valence-electron chi connectivity index (χ3n) is 3.56. The zero-order valence-corrected chi connectivity index (χ0v) is 11.2. The van der Waals surface area contributed by atoms with Gasteiger partial charge in [-0.05, 0) is 20.3 Å². The second kappa shape index (κ2) is 6.58. The first-order valence-corrected chi connectivity index (χ1v) is 6.66. The highest BCUT2D eigenvalue weighted by Gasteiger charge is 2.34. The van der Waals surface area contributed by atoms with Gasteiger partial charge in [-0.25, -0.2) is 0 Å². The van der Waals surface area contributed by atoms with Crippen molar-refractivity contribution in [3.63, 3.8) is 0 Å². The molecule has 0 aliphatic carbocycles. The molecule has 0 aromatic heterocycles. The predicted octanol–water partition coefficient (Wildman–Crippen LogP) is 2.00. The first kappa shape index (κ1) is 13.9. The van der Waals surface area contributed by atoms with Crippen molar-refractivity contribution in [2.24, 2.45) is 5.73 Å². The van der Waals surface area contributed by atoms with Gasteiger partial charge in [0.25, 0.3) is 0 Å². The summed E-state index contributed by atoms with van der Waals surface area (Å²) < 4.78 is 5.55. The van der Waals surface area contributed by atoms with E-state index in [2.05, 4.69) is 25.7 Å². The quantitative estimate of drug-likeness (QED) is 0.707. The Morgan fingerprint density at radius 2 is 2.12 bits per heavy atom. The van der Waals surface area contributed by atoms with Gasteiger partial charge in [0.15, 0.2) is 0 Å². The summed E-state index contributed by atoms with van der Waals surface area (Å²) in [5, 5.41) is 0. The number of nitrogens with two attached hydrogens (primary N) is 1. The van der Waals surface area contributed by atoms with Crippen molar-refractivity contribution in [3.05, 3.63) is 0 Å². The molecule has 16 heavy (non-hydrogen) atoms. The summed E-state index contributed by atoms with van der Waals surface area (Å²) in [6, 6.07) is 0.533. The second-order valence-electron chi connectivity index (χ2n) is 5.44. The fraction of sp³-hybridized carbons (Fsp3) is 1.00. The Morgan fingerprint density at radius 1 is 1.38 bits per heavy atom. The van der Waals surface area contributed by atoms with Crippen LogP contribution in [0.15, 0.2) is 0 Å². The van der Waals surface area contributed by atoms with Crippen LogP contribution in [-0.4, -0.2) is 42.8 Å². The Kier molecular flexibility index (Phi) is 5.73. The van der Waals surface area contributed by atoms with Gasteiger partial charge in [0.2, 0.25) is 0 Å². The Balaban J connectivity index is 2.49. The van der Waals surface area contributed by atoms with Crippen molar-refractivity contribution in [1.29, 1.82) is 0 Å². The summed E-state index contributed by atoms with van der Waals surface area (Å²) in [6.07, 6.45) is 5.13. The summed E-state index contributed by atoms with van der Waals surface area (Å²) in [7, 11) is 0. The predicted molar refractivity (Wildman–Crippen MR) is 68.6 cm³/mol. The number of hydrogen-bond donors (Lipinski definition) is 1. The molecule has 0 aromatic carbocycles. The van der Waals surface area contributed by atoms with Crippen LogP contribution in [0.4, 0.5) is 0 Å². The van der Waals surface area contributed by atoms with Crippen molar-refractivity contribution in [3.8, 4) is 0 Å². The molecular formula is C13H28N2O. The van der Waals surface area contributed by atoms with Gasteiger partial charge in [-0.15, -0.1) is 0 Å². The van der Waals surface area contributed by atoms with E-state index in [-0.39, 0.29) is 5.54 Å². The van der Waals surface area contributed by atoms with E-state index >= 15 is 0 Å². The molecule has 0 amide bonds. The van der Waals surface area contributed by atoms with Crippen molar-refractivity contribution in [2.75, 3.05) is 26.3 Å². The normalized spacial score (nSPS) is 23.2.